The average Bonchev–Trinajstić information content (AvgIpc) is 3.35. The highest BCUT2D eigenvalue weighted by molar-refractivity contribution is 5.94. The van der Waals surface area contributed by atoms with E-state index in [1.54, 1.807) is 19.4 Å². The number of aromatic amines is 1. The molecule has 1 heterocycles. The monoisotopic (exact) mass is 440 g/mol. The number of aromatic nitrogens is 2. The van der Waals surface area contributed by atoms with E-state index in [1.807, 2.05) is 48.5 Å². The molecule has 0 radical (unpaired) electrons. The van der Waals surface area contributed by atoms with Gasteiger partial charge in [-0.2, -0.15) is 10.2 Å². The molecule has 33 heavy (non-hydrogen) atoms. The maximum atomic E-state index is 12.4. The zero-order valence-corrected chi connectivity index (χ0v) is 18.4. The highest BCUT2D eigenvalue weighted by Gasteiger charge is 2.10. The van der Waals surface area contributed by atoms with Crippen molar-refractivity contribution in [2.75, 3.05) is 7.11 Å². The summed E-state index contributed by atoms with van der Waals surface area (Å²) in [7, 11) is 1.60. The lowest BCUT2D eigenvalue weighted by Crippen LogP contribution is -2.18. The Balaban J connectivity index is 1.33. The standard InChI is InChI=1S/C26H24N4O3/c1-18-6-8-19(9-7-18)17-33-22-12-10-21(11-13-22)24-15-25(29-28-24)26(31)30-27-16-20-4-3-5-23(14-20)32-2/h3-16H,17H2,1-2H3,(H,28,29)(H,30,31)/b27-16-. The molecule has 0 saturated heterocycles. The molecule has 0 spiro atoms. The van der Waals surface area contributed by atoms with Crippen LogP contribution in [0.5, 0.6) is 11.5 Å². The largest absolute Gasteiger partial charge is 0.497 e. The van der Waals surface area contributed by atoms with Crippen molar-refractivity contribution in [1.29, 1.82) is 0 Å². The summed E-state index contributed by atoms with van der Waals surface area (Å²) in [6.45, 7) is 2.56. The highest BCUT2D eigenvalue weighted by atomic mass is 16.5. The Morgan fingerprint density at radius 1 is 1.03 bits per heavy atom. The van der Waals surface area contributed by atoms with Gasteiger partial charge in [-0.15, -0.1) is 0 Å². The number of hydrogen-bond donors (Lipinski definition) is 2. The smallest absolute Gasteiger partial charge is 0.289 e. The average molecular weight is 441 g/mol. The van der Waals surface area contributed by atoms with Crippen LogP contribution in [0, 0.1) is 6.92 Å². The maximum absolute atomic E-state index is 12.4. The lowest BCUT2D eigenvalue weighted by atomic mass is 10.1. The summed E-state index contributed by atoms with van der Waals surface area (Å²) in [6.07, 6.45) is 1.55. The molecule has 0 saturated carbocycles. The molecule has 7 nitrogen and oxygen atoms in total. The quantitative estimate of drug-likeness (QED) is 0.306. The molecule has 4 aromatic rings. The minimum absolute atomic E-state index is 0.312. The van der Waals surface area contributed by atoms with Crippen molar-refractivity contribution in [2.45, 2.75) is 13.5 Å². The highest BCUT2D eigenvalue weighted by Crippen LogP contribution is 2.22. The minimum Gasteiger partial charge on any atom is -0.497 e. The van der Waals surface area contributed by atoms with Crippen LogP contribution in [-0.2, 0) is 6.61 Å². The van der Waals surface area contributed by atoms with Crippen LogP contribution < -0.4 is 14.9 Å². The second-order valence-corrected chi connectivity index (χ2v) is 7.44. The van der Waals surface area contributed by atoms with Gasteiger partial charge < -0.3 is 9.47 Å². The van der Waals surface area contributed by atoms with Gasteiger partial charge in [-0.25, -0.2) is 5.43 Å². The number of methoxy groups -OCH3 is 1. The number of aryl methyl sites for hydroxylation is 1. The minimum atomic E-state index is -0.383. The maximum Gasteiger partial charge on any atom is 0.289 e. The van der Waals surface area contributed by atoms with Gasteiger partial charge in [0.2, 0.25) is 0 Å². The van der Waals surface area contributed by atoms with Gasteiger partial charge in [0.25, 0.3) is 5.91 Å². The summed E-state index contributed by atoms with van der Waals surface area (Å²) in [6, 6.07) is 24.9. The number of benzene rings is 3. The summed E-state index contributed by atoms with van der Waals surface area (Å²) in [5, 5.41) is 11.0. The second kappa shape index (κ2) is 10.3. The van der Waals surface area contributed by atoms with Crippen LogP contribution in [0.4, 0.5) is 0 Å². The molecule has 2 N–H and O–H groups in total. The third-order valence-electron chi connectivity index (χ3n) is 4.97. The van der Waals surface area contributed by atoms with Gasteiger partial charge in [0.15, 0.2) is 0 Å². The van der Waals surface area contributed by atoms with Crippen molar-refractivity contribution < 1.29 is 14.3 Å². The van der Waals surface area contributed by atoms with E-state index in [1.165, 1.54) is 5.56 Å². The van der Waals surface area contributed by atoms with Gasteiger partial charge in [0.1, 0.15) is 23.8 Å². The number of H-pyrrole nitrogens is 1. The molecule has 0 fully saturated rings. The Kier molecular flexibility index (Phi) is 6.80. The number of hydrazone groups is 1. The van der Waals surface area contributed by atoms with Gasteiger partial charge in [-0.05, 0) is 60.5 Å². The zero-order chi connectivity index (χ0) is 23.0. The lowest BCUT2D eigenvalue weighted by Gasteiger charge is -2.07. The summed E-state index contributed by atoms with van der Waals surface area (Å²) >= 11 is 0. The molecule has 0 aliphatic rings. The van der Waals surface area contributed by atoms with Crippen molar-refractivity contribution in [3.63, 3.8) is 0 Å². The first-order valence-corrected chi connectivity index (χ1v) is 10.4. The summed E-state index contributed by atoms with van der Waals surface area (Å²) in [4.78, 5) is 12.4. The number of hydrogen-bond acceptors (Lipinski definition) is 5. The first kappa shape index (κ1) is 21.8. The molecule has 4 rings (SSSR count). The second-order valence-electron chi connectivity index (χ2n) is 7.44. The van der Waals surface area contributed by atoms with E-state index < -0.39 is 0 Å². The van der Waals surface area contributed by atoms with Crippen LogP contribution in [0.15, 0.2) is 84.0 Å². The Bertz CT molecular complexity index is 1250. The molecule has 0 aliphatic heterocycles. The summed E-state index contributed by atoms with van der Waals surface area (Å²) < 4.78 is 11.0. The molecule has 166 valence electrons. The molecule has 0 bridgehead atoms. The molecule has 0 unspecified atom stereocenters. The van der Waals surface area contributed by atoms with E-state index >= 15 is 0 Å². The molecular weight excluding hydrogens is 416 g/mol. The van der Waals surface area contributed by atoms with E-state index in [0.29, 0.717) is 18.0 Å². The third kappa shape index (κ3) is 5.86. The third-order valence-corrected chi connectivity index (χ3v) is 4.97. The van der Waals surface area contributed by atoms with Gasteiger partial charge in [0.05, 0.1) is 19.0 Å². The molecule has 0 aliphatic carbocycles. The van der Waals surface area contributed by atoms with Crippen LogP contribution in [-0.4, -0.2) is 29.4 Å². The first-order valence-electron chi connectivity index (χ1n) is 10.4. The lowest BCUT2D eigenvalue weighted by molar-refractivity contribution is 0.0950. The summed E-state index contributed by atoms with van der Waals surface area (Å²) in [5.41, 5.74) is 7.47. The fourth-order valence-corrected chi connectivity index (χ4v) is 3.11. The predicted molar refractivity (Wildman–Crippen MR) is 128 cm³/mol. The van der Waals surface area contributed by atoms with Crippen molar-refractivity contribution in [3.8, 4) is 22.8 Å². The molecule has 1 aromatic heterocycles. The van der Waals surface area contributed by atoms with E-state index in [4.69, 9.17) is 9.47 Å². The first-order chi connectivity index (χ1) is 16.1. The van der Waals surface area contributed by atoms with Crippen molar-refractivity contribution in [1.82, 2.24) is 15.6 Å². The number of carbonyl (C=O) groups excluding carboxylic acids is 1. The van der Waals surface area contributed by atoms with E-state index in [9.17, 15) is 4.79 Å². The Morgan fingerprint density at radius 2 is 1.82 bits per heavy atom. The van der Waals surface area contributed by atoms with Crippen LogP contribution in [0.25, 0.3) is 11.3 Å². The normalized spacial score (nSPS) is 10.8. The van der Waals surface area contributed by atoms with Crippen LogP contribution in [0.1, 0.15) is 27.2 Å². The van der Waals surface area contributed by atoms with E-state index in [0.717, 1.165) is 28.2 Å². The van der Waals surface area contributed by atoms with Crippen LogP contribution >= 0.6 is 0 Å². The van der Waals surface area contributed by atoms with Gasteiger partial charge in [0, 0.05) is 5.56 Å². The molecule has 3 aromatic carbocycles. The molecule has 0 atom stereocenters. The number of nitrogens with one attached hydrogen (secondary N) is 2. The van der Waals surface area contributed by atoms with Crippen LogP contribution in [0.2, 0.25) is 0 Å². The zero-order valence-electron chi connectivity index (χ0n) is 18.4. The van der Waals surface area contributed by atoms with Gasteiger partial charge in [-0.3, -0.25) is 9.89 Å². The van der Waals surface area contributed by atoms with Crippen molar-refractivity contribution in [2.24, 2.45) is 5.10 Å². The fourth-order valence-electron chi connectivity index (χ4n) is 3.11. The number of amides is 1. The fraction of sp³-hybridized carbons (Fsp3) is 0.115. The predicted octanol–water partition coefficient (Wildman–Crippen LogP) is 4.74. The number of rotatable bonds is 8. The SMILES string of the molecule is COc1cccc(/C=N\NC(=O)c2cc(-c3ccc(OCc4ccc(C)cc4)cc3)n[nH]2)c1. The van der Waals surface area contributed by atoms with Crippen LogP contribution in [0.3, 0.4) is 0 Å². The number of carbonyl (C=O) groups is 1. The molecule has 1 amide bonds. The number of nitrogens with zero attached hydrogens (tertiary/aromatic N) is 2. The topological polar surface area (TPSA) is 88.6 Å². The van der Waals surface area contributed by atoms with Crippen molar-refractivity contribution in [3.05, 3.63) is 101 Å². The van der Waals surface area contributed by atoms with E-state index in [-0.39, 0.29) is 5.91 Å². The Morgan fingerprint density at radius 3 is 2.58 bits per heavy atom. The molecule has 7 heteroatoms. The van der Waals surface area contributed by atoms with Gasteiger partial charge >= 0.3 is 0 Å². The van der Waals surface area contributed by atoms with Gasteiger partial charge in [-0.1, -0.05) is 42.0 Å². The molecular formula is C26H24N4O3. The van der Waals surface area contributed by atoms with Crippen molar-refractivity contribution >= 4 is 12.1 Å². The number of ether oxygens (including phenoxy) is 2. The Hall–Kier alpha value is -4.39. The van der Waals surface area contributed by atoms with E-state index in [2.05, 4.69) is 51.9 Å². The Labute approximate surface area is 192 Å². The summed E-state index contributed by atoms with van der Waals surface area (Å²) in [5.74, 6) is 1.10.